The van der Waals surface area contributed by atoms with Gasteiger partial charge in [0.2, 0.25) is 5.91 Å². The Morgan fingerprint density at radius 2 is 1.92 bits per heavy atom. The van der Waals surface area contributed by atoms with Crippen LogP contribution in [0.2, 0.25) is 5.02 Å². The molecule has 4 heterocycles. The Labute approximate surface area is 215 Å². The third-order valence-electron chi connectivity index (χ3n) is 7.91. The zero-order valence-corrected chi connectivity index (χ0v) is 21.2. The van der Waals surface area contributed by atoms with E-state index in [1.807, 2.05) is 19.1 Å². The number of esters is 1. The van der Waals surface area contributed by atoms with Gasteiger partial charge in [0.05, 0.1) is 41.5 Å². The molecule has 8 nitrogen and oxygen atoms in total. The number of hydrogen-bond donors (Lipinski definition) is 1. The molecule has 2 saturated heterocycles. The van der Waals surface area contributed by atoms with Crippen molar-refractivity contribution in [3.63, 3.8) is 0 Å². The number of likely N-dealkylation sites (tertiary alicyclic amines) is 1. The predicted octanol–water partition coefficient (Wildman–Crippen LogP) is 2.88. The van der Waals surface area contributed by atoms with E-state index < -0.39 is 47.0 Å². The molecule has 1 aromatic rings. The number of benzene rings is 1. The van der Waals surface area contributed by atoms with Crippen molar-refractivity contribution in [2.24, 2.45) is 11.8 Å². The molecule has 2 amide bonds. The Hall–Kier alpha value is -2.68. The van der Waals surface area contributed by atoms with Crippen LogP contribution in [-0.4, -0.2) is 70.8 Å². The summed E-state index contributed by atoms with van der Waals surface area (Å²) in [6.45, 7) is 3.77. The van der Waals surface area contributed by atoms with Crippen molar-refractivity contribution in [1.29, 1.82) is 0 Å². The average molecular weight is 515 g/mol. The van der Waals surface area contributed by atoms with Gasteiger partial charge in [0.15, 0.2) is 0 Å². The maximum Gasteiger partial charge on any atom is 0.313 e. The first-order valence-electron chi connectivity index (χ1n) is 12.5. The number of aliphatic hydroxyl groups is 1. The molecule has 1 aromatic carbocycles. The van der Waals surface area contributed by atoms with Crippen molar-refractivity contribution < 1.29 is 29.0 Å². The van der Waals surface area contributed by atoms with Crippen LogP contribution in [0.1, 0.15) is 33.1 Å². The van der Waals surface area contributed by atoms with Gasteiger partial charge in [0.1, 0.15) is 17.6 Å². The number of amides is 2. The van der Waals surface area contributed by atoms with E-state index >= 15 is 0 Å². The van der Waals surface area contributed by atoms with Crippen LogP contribution in [0.15, 0.2) is 48.6 Å². The normalized spacial score (nSPS) is 35.7. The van der Waals surface area contributed by atoms with Gasteiger partial charge in [-0.25, -0.2) is 0 Å². The quantitative estimate of drug-likeness (QED) is 0.490. The maximum absolute atomic E-state index is 14.3. The smallest absolute Gasteiger partial charge is 0.313 e. The molecule has 5 rings (SSSR count). The molecule has 1 N–H and O–H groups in total. The summed E-state index contributed by atoms with van der Waals surface area (Å²) in [5, 5.41) is 10.6. The summed E-state index contributed by atoms with van der Waals surface area (Å²) in [5.74, 6) is -3.19. The van der Waals surface area contributed by atoms with Crippen LogP contribution in [0.5, 0.6) is 0 Å². The van der Waals surface area contributed by atoms with E-state index in [9.17, 15) is 19.5 Å². The highest BCUT2D eigenvalue weighted by Gasteiger charge is 2.75. The van der Waals surface area contributed by atoms with Crippen molar-refractivity contribution >= 4 is 35.1 Å². The lowest BCUT2D eigenvalue weighted by Crippen LogP contribution is -2.58. The number of carbonyl (C=O) groups is 3. The maximum atomic E-state index is 14.3. The number of carbonyl (C=O) groups excluding carboxylic acids is 3. The van der Waals surface area contributed by atoms with Crippen LogP contribution in [-0.2, 0) is 23.9 Å². The second kappa shape index (κ2) is 9.32. The summed E-state index contributed by atoms with van der Waals surface area (Å²) in [5.41, 5.74) is -2.03. The molecular weight excluding hydrogens is 484 g/mol. The minimum Gasteiger partial charge on any atom is -0.465 e. The minimum atomic E-state index is -1.41. The molecule has 0 radical (unpaired) electrons. The highest BCUT2D eigenvalue weighted by atomic mass is 35.5. The van der Waals surface area contributed by atoms with Crippen molar-refractivity contribution in [2.75, 3.05) is 24.7 Å². The third-order valence-corrected chi connectivity index (χ3v) is 8.23. The molecule has 1 unspecified atom stereocenters. The molecule has 4 aliphatic heterocycles. The molecule has 1 spiro atoms. The van der Waals surface area contributed by atoms with E-state index in [0.29, 0.717) is 30.0 Å². The molecule has 6 atom stereocenters. The van der Waals surface area contributed by atoms with Crippen LogP contribution in [0.25, 0.3) is 0 Å². The number of hydrogen-bond acceptors (Lipinski definition) is 6. The number of fused-ring (bicyclic) bond motifs is 2. The van der Waals surface area contributed by atoms with Gasteiger partial charge < -0.3 is 24.4 Å². The van der Waals surface area contributed by atoms with Gasteiger partial charge in [-0.05, 0) is 38.3 Å². The van der Waals surface area contributed by atoms with Gasteiger partial charge in [-0.3, -0.25) is 14.4 Å². The van der Waals surface area contributed by atoms with Crippen LogP contribution in [0.3, 0.4) is 0 Å². The highest BCUT2D eigenvalue weighted by molar-refractivity contribution is 6.34. The van der Waals surface area contributed by atoms with Crippen molar-refractivity contribution in [1.82, 2.24) is 4.90 Å². The number of allylic oxidation sites excluding steroid dienone is 1. The molecule has 2 fully saturated rings. The Kier molecular flexibility index (Phi) is 6.47. The first-order valence-corrected chi connectivity index (χ1v) is 12.9. The Balaban J connectivity index is 1.69. The highest BCUT2D eigenvalue weighted by Crippen LogP contribution is 2.57. The van der Waals surface area contributed by atoms with Gasteiger partial charge >= 0.3 is 5.97 Å². The fraction of sp³-hybridized carbons (Fsp3) is 0.519. The fourth-order valence-electron chi connectivity index (χ4n) is 6.27. The number of nitrogens with zero attached hydrogens (tertiary/aromatic N) is 2. The zero-order chi connectivity index (χ0) is 25.7. The third kappa shape index (κ3) is 3.61. The fourth-order valence-corrected chi connectivity index (χ4v) is 6.51. The van der Waals surface area contributed by atoms with E-state index in [1.165, 1.54) is 9.80 Å². The largest absolute Gasteiger partial charge is 0.465 e. The second-order valence-electron chi connectivity index (χ2n) is 10.0. The number of aliphatic hydroxyl groups excluding tert-OH is 1. The van der Waals surface area contributed by atoms with Gasteiger partial charge in [-0.1, -0.05) is 55.0 Å². The second-order valence-corrected chi connectivity index (χ2v) is 10.4. The first kappa shape index (κ1) is 25.0. The van der Waals surface area contributed by atoms with Gasteiger partial charge in [-0.2, -0.15) is 0 Å². The number of anilines is 1. The Morgan fingerprint density at radius 1 is 1.14 bits per heavy atom. The lowest BCUT2D eigenvalue weighted by atomic mass is 9.74. The van der Waals surface area contributed by atoms with Crippen LogP contribution in [0, 0.1) is 11.8 Å². The molecule has 0 bridgehead atoms. The van der Waals surface area contributed by atoms with Crippen LogP contribution < -0.4 is 4.90 Å². The monoisotopic (exact) mass is 514 g/mol. The molecule has 192 valence electrons. The number of para-hydroxylation sites is 1. The summed E-state index contributed by atoms with van der Waals surface area (Å²) in [4.78, 5) is 44.9. The summed E-state index contributed by atoms with van der Waals surface area (Å²) < 4.78 is 12.3. The lowest BCUT2D eigenvalue weighted by Gasteiger charge is -2.40. The SMILES string of the molecule is CC[C@@H](CO)N1C(=O)[C@@H]2[C@H]3C(=O)OCCC/C=C\[C@@]3(C)O[C@@]23C=CCN(c2ccccc2Cl)C(=O)C13. The van der Waals surface area contributed by atoms with Crippen LogP contribution >= 0.6 is 11.6 Å². The summed E-state index contributed by atoms with van der Waals surface area (Å²) in [7, 11) is 0. The summed E-state index contributed by atoms with van der Waals surface area (Å²) >= 11 is 6.46. The van der Waals surface area contributed by atoms with Crippen LogP contribution in [0.4, 0.5) is 5.69 Å². The predicted molar refractivity (Wildman–Crippen MR) is 133 cm³/mol. The van der Waals surface area contributed by atoms with E-state index in [1.54, 1.807) is 43.3 Å². The summed E-state index contributed by atoms with van der Waals surface area (Å²) in [6, 6.07) is 5.32. The molecular formula is C27H31ClN2O6. The average Bonchev–Trinajstić information content (AvgIpc) is 3.21. The minimum absolute atomic E-state index is 0.219. The van der Waals surface area contributed by atoms with Crippen molar-refractivity contribution in [3.05, 3.63) is 53.6 Å². The van der Waals surface area contributed by atoms with E-state index in [0.717, 1.165) is 0 Å². The summed E-state index contributed by atoms with van der Waals surface area (Å²) in [6.07, 6.45) is 9.17. The number of halogens is 1. The number of ether oxygens (including phenoxy) is 2. The van der Waals surface area contributed by atoms with Gasteiger partial charge in [0.25, 0.3) is 5.91 Å². The standard InChI is InChI=1S/C27H31ClN2O6/c1-3-17(16-31)30-22-24(33)29(19-11-6-5-10-18(19)28)14-9-13-27(22)20(23(30)32)21-25(34)35-15-8-4-7-12-26(21,2)36-27/h5-7,9-13,17,20-22,31H,3-4,8,14-16H2,1-2H3/b12-7-/t17-,20-,21-,22?,26+,27-/m0/s1. The Morgan fingerprint density at radius 3 is 2.64 bits per heavy atom. The molecule has 0 aliphatic carbocycles. The molecule has 0 aromatic heterocycles. The van der Waals surface area contributed by atoms with Gasteiger partial charge in [0, 0.05) is 6.54 Å². The van der Waals surface area contributed by atoms with E-state index in [-0.39, 0.29) is 25.7 Å². The molecule has 0 saturated carbocycles. The molecule has 36 heavy (non-hydrogen) atoms. The zero-order valence-electron chi connectivity index (χ0n) is 20.4. The lowest BCUT2D eigenvalue weighted by molar-refractivity contribution is -0.159. The van der Waals surface area contributed by atoms with Crippen molar-refractivity contribution in [2.45, 2.75) is 56.4 Å². The topological polar surface area (TPSA) is 96.4 Å². The van der Waals surface area contributed by atoms with E-state index in [4.69, 9.17) is 21.1 Å². The molecule has 4 aliphatic rings. The van der Waals surface area contributed by atoms with Gasteiger partial charge in [-0.15, -0.1) is 0 Å². The van der Waals surface area contributed by atoms with Crippen molar-refractivity contribution in [3.8, 4) is 0 Å². The Bertz CT molecular complexity index is 1130. The first-order chi connectivity index (χ1) is 17.3. The number of cyclic esters (lactones) is 1. The van der Waals surface area contributed by atoms with E-state index in [2.05, 4.69) is 0 Å². The molecule has 9 heteroatoms. The number of rotatable bonds is 4.